The van der Waals surface area contributed by atoms with Crippen LogP contribution in [-0.4, -0.2) is 34.8 Å². The Labute approximate surface area is 121 Å². The molecule has 2 fully saturated rings. The highest BCUT2D eigenvalue weighted by Gasteiger charge is 2.56. The summed E-state index contributed by atoms with van der Waals surface area (Å²) in [6, 6.07) is -0.361. The summed E-state index contributed by atoms with van der Waals surface area (Å²) in [5.41, 5.74) is -0.663. The van der Waals surface area contributed by atoms with Crippen molar-refractivity contribution in [1.82, 2.24) is 10.2 Å². The summed E-state index contributed by atoms with van der Waals surface area (Å²) in [7, 11) is 0. The van der Waals surface area contributed by atoms with Gasteiger partial charge in [-0.15, -0.1) is 0 Å². The van der Waals surface area contributed by atoms with Crippen molar-refractivity contribution in [2.24, 2.45) is 11.8 Å². The first-order valence-corrected chi connectivity index (χ1v) is 7.64. The van der Waals surface area contributed by atoms with Crippen molar-refractivity contribution < 1.29 is 9.59 Å². The van der Waals surface area contributed by atoms with Crippen LogP contribution in [0.3, 0.4) is 0 Å². The Bertz CT molecular complexity index is 426. The molecule has 1 saturated heterocycles. The van der Waals surface area contributed by atoms with Crippen LogP contribution in [0, 0.1) is 11.8 Å². The Morgan fingerprint density at radius 2 is 2.05 bits per heavy atom. The molecule has 4 nitrogen and oxygen atoms in total. The first kappa shape index (κ1) is 15.1. The molecule has 1 aliphatic heterocycles. The lowest BCUT2D eigenvalue weighted by atomic mass is 9.86. The van der Waals surface area contributed by atoms with E-state index in [0.717, 1.165) is 12.8 Å². The summed E-state index contributed by atoms with van der Waals surface area (Å²) >= 11 is 0. The number of nitrogens with one attached hydrogen (secondary N) is 1. The van der Waals surface area contributed by atoms with E-state index < -0.39 is 5.54 Å². The van der Waals surface area contributed by atoms with Gasteiger partial charge in [0.2, 0.25) is 11.8 Å². The molecule has 2 rings (SSSR count). The number of nitrogens with zero attached hydrogens (tertiary/aromatic N) is 1. The van der Waals surface area contributed by atoms with Gasteiger partial charge in [0.05, 0.1) is 0 Å². The average molecular weight is 278 g/mol. The molecule has 0 aromatic carbocycles. The molecule has 0 bridgehead atoms. The fourth-order valence-electron chi connectivity index (χ4n) is 3.08. The Morgan fingerprint density at radius 3 is 2.55 bits per heavy atom. The molecule has 112 valence electrons. The van der Waals surface area contributed by atoms with E-state index in [4.69, 9.17) is 0 Å². The lowest BCUT2D eigenvalue weighted by Gasteiger charge is -2.46. The number of carbonyl (C=O) groups excluding carboxylic acids is 2. The second kappa shape index (κ2) is 5.58. The maximum absolute atomic E-state index is 12.7. The molecule has 1 heterocycles. The number of amides is 2. The molecule has 0 radical (unpaired) electrons. The van der Waals surface area contributed by atoms with Crippen LogP contribution in [0.1, 0.15) is 47.0 Å². The van der Waals surface area contributed by atoms with Crippen molar-refractivity contribution in [2.45, 2.75) is 58.5 Å². The number of piperazine rings is 1. The molecule has 0 spiro atoms. The zero-order chi connectivity index (χ0) is 14.9. The van der Waals surface area contributed by atoms with Gasteiger partial charge in [-0.3, -0.25) is 9.59 Å². The van der Waals surface area contributed by atoms with Gasteiger partial charge in [0.1, 0.15) is 11.6 Å². The number of carbonyl (C=O) groups is 2. The SMILES string of the molecule is C/C=C/CN1C(=O)C(CC(C)C)NC(=O)C1(C)C1CC1. The molecule has 0 aromatic rings. The second-order valence-electron chi connectivity index (χ2n) is 6.60. The fourth-order valence-corrected chi connectivity index (χ4v) is 3.08. The summed E-state index contributed by atoms with van der Waals surface area (Å²) in [6.45, 7) is 8.54. The van der Waals surface area contributed by atoms with Gasteiger partial charge in [-0.1, -0.05) is 26.0 Å². The first-order chi connectivity index (χ1) is 9.41. The topological polar surface area (TPSA) is 49.4 Å². The van der Waals surface area contributed by atoms with Crippen molar-refractivity contribution in [3.8, 4) is 0 Å². The lowest BCUT2D eigenvalue weighted by Crippen LogP contribution is -2.70. The minimum absolute atomic E-state index is 0.0229. The van der Waals surface area contributed by atoms with E-state index in [9.17, 15) is 9.59 Å². The van der Waals surface area contributed by atoms with Crippen LogP contribution >= 0.6 is 0 Å². The van der Waals surface area contributed by atoms with Gasteiger partial charge in [0, 0.05) is 6.54 Å². The van der Waals surface area contributed by atoms with Gasteiger partial charge in [0.15, 0.2) is 0 Å². The highest BCUT2D eigenvalue weighted by molar-refractivity contribution is 6.00. The molecule has 2 amide bonds. The standard InChI is InChI=1S/C16H26N2O2/c1-5-6-9-18-14(19)13(10-11(2)3)17-15(20)16(18,4)12-7-8-12/h5-6,11-13H,7-10H2,1-4H3,(H,17,20)/b6-5+. The Hall–Kier alpha value is -1.32. The van der Waals surface area contributed by atoms with Crippen LogP contribution in [0.25, 0.3) is 0 Å². The summed E-state index contributed by atoms with van der Waals surface area (Å²) in [5, 5.41) is 2.96. The van der Waals surface area contributed by atoms with Gasteiger partial charge >= 0.3 is 0 Å². The maximum atomic E-state index is 12.7. The molecule has 2 atom stereocenters. The van der Waals surface area contributed by atoms with Gasteiger partial charge in [0.25, 0.3) is 0 Å². The van der Waals surface area contributed by atoms with Gasteiger partial charge in [-0.2, -0.15) is 0 Å². The van der Waals surface area contributed by atoms with E-state index in [1.807, 2.05) is 26.0 Å². The summed E-state index contributed by atoms with van der Waals surface area (Å²) in [4.78, 5) is 27.1. The van der Waals surface area contributed by atoms with Crippen molar-refractivity contribution in [1.29, 1.82) is 0 Å². The van der Waals surface area contributed by atoms with Crippen molar-refractivity contribution in [3.63, 3.8) is 0 Å². The van der Waals surface area contributed by atoms with Crippen molar-refractivity contribution >= 4 is 11.8 Å². The largest absolute Gasteiger partial charge is 0.342 e. The third-order valence-corrected chi connectivity index (χ3v) is 4.49. The minimum atomic E-state index is -0.663. The fraction of sp³-hybridized carbons (Fsp3) is 0.750. The van der Waals surface area contributed by atoms with Gasteiger partial charge in [-0.05, 0) is 44.9 Å². The summed E-state index contributed by atoms with van der Waals surface area (Å²) in [5.74, 6) is 0.801. The van der Waals surface area contributed by atoms with E-state index in [-0.39, 0.29) is 17.9 Å². The number of hydrogen-bond acceptors (Lipinski definition) is 2. The van der Waals surface area contributed by atoms with Crippen LogP contribution in [0.5, 0.6) is 0 Å². The molecule has 1 N–H and O–H groups in total. The summed E-state index contributed by atoms with van der Waals surface area (Å²) < 4.78 is 0. The predicted molar refractivity (Wildman–Crippen MR) is 79.0 cm³/mol. The third kappa shape index (κ3) is 2.60. The van der Waals surface area contributed by atoms with Crippen LogP contribution in [0.15, 0.2) is 12.2 Å². The molecular weight excluding hydrogens is 252 g/mol. The number of allylic oxidation sites excluding steroid dienone is 1. The van der Waals surface area contributed by atoms with Crippen LogP contribution in [0.4, 0.5) is 0 Å². The molecule has 1 saturated carbocycles. The normalized spacial score (nSPS) is 31.2. The van der Waals surface area contributed by atoms with E-state index >= 15 is 0 Å². The molecule has 0 aromatic heterocycles. The number of hydrogen-bond donors (Lipinski definition) is 1. The molecule has 2 unspecified atom stereocenters. The molecule has 20 heavy (non-hydrogen) atoms. The minimum Gasteiger partial charge on any atom is -0.342 e. The van der Waals surface area contributed by atoms with Crippen LogP contribution < -0.4 is 5.32 Å². The van der Waals surface area contributed by atoms with E-state index in [1.54, 1.807) is 4.90 Å². The quantitative estimate of drug-likeness (QED) is 0.783. The first-order valence-electron chi connectivity index (χ1n) is 7.64. The number of rotatable bonds is 5. The Morgan fingerprint density at radius 1 is 1.40 bits per heavy atom. The Balaban J connectivity index is 2.26. The maximum Gasteiger partial charge on any atom is 0.246 e. The third-order valence-electron chi connectivity index (χ3n) is 4.49. The van der Waals surface area contributed by atoms with E-state index in [0.29, 0.717) is 24.8 Å². The zero-order valence-corrected chi connectivity index (χ0v) is 13.0. The highest BCUT2D eigenvalue weighted by atomic mass is 16.2. The van der Waals surface area contributed by atoms with E-state index in [1.165, 1.54) is 0 Å². The van der Waals surface area contributed by atoms with Crippen LogP contribution in [-0.2, 0) is 9.59 Å². The highest BCUT2D eigenvalue weighted by Crippen LogP contribution is 2.45. The van der Waals surface area contributed by atoms with Crippen LogP contribution in [0.2, 0.25) is 0 Å². The molecule has 2 aliphatic rings. The smallest absolute Gasteiger partial charge is 0.246 e. The monoisotopic (exact) mass is 278 g/mol. The van der Waals surface area contributed by atoms with Crippen molar-refractivity contribution in [3.05, 3.63) is 12.2 Å². The molecule has 1 aliphatic carbocycles. The molecule has 4 heteroatoms. The van der Waals surface area contributed by atoms with Gasteiger partial charge in [-0.25, -0.2) is 0 Å². The second-order valence-corrected chi connectivity index (χ2v) is 6.60. The average Bonchev–Trinajstić information content (AvgIpc) is 3.20. The van der Waals surface area contributed by atoms with E-state index in [2.05, 4.69) is 19.2 Å². The lowest BCUT2D eigenvalue weighted by molar-refractivity contribution is -0.157. The predicted octanol–water partition coefficient (Wildman–Crippen LogP) is 2.10. The zero-order valence-electron chi connectivity index (χ0n) is 13.0. The van der Waals surface area contributed by atoms with Crippen molar-refractivity contribution in [2.75, 3.05) is 6.54 Å². The molecular formula is C16H26N2O2. The summed E-state index contributed by atoms with van der Waals surface area (Å²) in [6.07, 6.45) is 6.68. The Kier molecular flexibility index (Phi) is 4.21. The van der Waals surface area contributed by atoms with Gasteiger partial charge < -0.3 is 10.2 Å².